The minimum Gasteiger partial charge on any atom is -0.496 e. The Kier molecular flexibility index (Phi) is 4.58. The predicted octanol–water partition coefficient (Wildman–Crippen LogP) is 2.06. The zero-order valence-electron chi connectivity index (χ0n) is 8.20. The molecule has 0 aliphatic heterocycles. The van der Waals surface area contributed by atoms with Crippen LogP contribution < -0.4 is 4.74 Å². The Morgan fingerprint density at radius 1 is 1.53 bits per heavy atom. The molecule has 0 aliphatic carbocycles. The summed E-state index contributed by atoms with van der Waals surface area (Å²) in [5.74, 6) is -0.299. The van der Waals surface area contributed by atoms with Gasteiger partial charge in [-0.3, -0.25) is 0 Å². The quantitative estimate of drug-likeness (QED) is 0.893. The molecule has 0 heterocycles. The normalized spacial score (nSPS) is 10.0. The van der Waals surface area contributed by atoms with Crippen LogP contribution in [0.25, 0.3) is 0 Å². The number of ether oxygens (including phenoxy) is 2. The van der Waals surface area contributed by atoms with Gasteiger partial charge in [0, 0.05) is 10.0 Å². The minimum atomic E-state index is -0.982. The van der Waals surface area contributed by atoms with Crippen molar-refractivity contribution in [3.05, 3.63) is 28.2 Å². The SMILES string of the molecule is COc1ccc(Br)cc1COCC(=O)O. The Balaban J connectivity index is 2.65. The topological polar surface area (TPSA) is 55.8 Å². The van der Waals surface area contributed by atoms with Crippen molar-refractivity contribution < 1.29 is 19.4 Å². The summed E-state index contributed by atoms with van der Waals surface area (Å²) in [4.78, 5) is 10.2. The summed E-state index contributed by atoms with van der Waals surface area (Å²) in [5.41, 5.74) is 0.813. The molecule has 5 heteroatoms. The molecule has 0 unspecified atom stereocenters. The van der Waals surface area contributed by atoms with Crippen LogP contribution in [0.1, 0.15) is 5.56 Å². The molecule has 1 aromatic carbocycles. The number of halogens is 1. The fraction of sp³-hybridized carbons (Fsp3) is 0.300. The highest BCUT2D eigenvalue weighted by Gasteiger charge is 2.05. The van der Waals surface area contributed by atoms with E-state index in [1.165, 1.54) is 0 Å². The van der Waals surface area contributed by atoms with Gasteiger partial charge < -0.3 is 14.6 Å². The molecular formula is C10H11BrO4. The molecule has 0 aliphatic rings. The number of rotatable bonds is 5. The summed E-state index contributed by atoms with van der Waals surface area (Å²) in [6.07, 6.45) is 0. The zero-order valence-corrected chi connectivity index (χ0v) is 9.78. The maximum absolute atomic E-state index is 10.2. The van der Waals surface area contributed by atoms with Gasteiger partial charge >= 0.3 is 5.97 Å². The second-order valence-electron chi connectivity index (χ2n) is 2.84. The molecule has 1 rings (SSSR count). The molecule has 1 N–H and O–H groups in total. The number of methoxy groups -OCH3 is 1. The van der Waals surface area contributed by atoms with Crippen molar-refractivity contribution in [2.24, 2.45) is 0 Å². The van der Waals surface area contributed by atoms with Crippen LogP contribution >= 0.6 is 15.9 Å². The van der Waals surface area contributed by atoms with E-state index in [9.17, 15) is 4.79 Å². The van der Waals surface area contributed by atoms with Crippen LogP contribution in [0.2, 0.25) is 0 Å². The first-order valence-corrected chi connectivity index (χ1v) is 5.04. The minimum absolute atomic E-state index is 0.217. The van der Waals surface area contributed by atoms with Crippen LogP contribution in [-0.2, 0) is 16.1 Å². The monoisotopic (exact) mass is 274 g/mol. The predicted molar refractivity (Wildman–Crippen MR) is 58.0 cm³/mol. The summed E-state index contributed by atoms with van der Waals surface area (Å²) in [5, 5.41) is 8.41. The van der Waals surface area contributed by atoms with E-state index in [1.54, 1.807) is 13.2 Å². The van der Waals surface area contributed by atoms with Crippen LogP contribution in [0.5, 0.6) is 5.75 Å². The van der Waals surface area contributed by atoms with Crippen molar-refractivity contribution in [3.8, 4) is 5.75 Å². The zero-order chi connectivity index (χ0) is 11.3. The van der Waals surface area contributed by atoms with Crippen LogP contribution in [0.15, 0.2) is 22.7 Å². The molecule has 0 spiro atoms. The lowest BCUT2D eigenvalue weighted by molar-refractivity contribution is -0.142. The molecule has 82 valence electrons. The Labute approximate surface area is 95.9 Å². The number of carboxylic acid groups (broad SMARTS) is 1. The number of carboxylic acids is 1. The van der Waals surface area contributed by atoms with Crippen LogP contribution in [0.4, 0.5) is 0 Å². The molecule has 0 radical (unpaired) electrons. The van der Waals surface area contributed by atoms with E-state index >= 15 is 0 Å². The lowest BCUT2D eigenvalue weighted by Gasteiger charge is -2.08. The summed E-state index contributed by atoms with van der Waals surface area (Å²) < 4.78 is 11.0. The molecule has 0 atom stereocenters. The highest BCUT2D eigenvalue weighted by atomic mass is 79.9. The first-order chi connectivity index (χ1) is 7.13. The molecule has 15 heavy (non-hydrogen) atoms. The Morgan fingerprint density at radius 3 is 2.87 bits per heavy atom. The molecule has 4 nitrogen and oxygen atoms in total. The van der Waals surface area contributed by atoms with Gasteiger partial charge in [-0.15, -0.1) is 0 Å². The van der Waals surface area contributed by atoms with Crippen molar-refractivity contribution in [1.82, 2.24) is 0 Å². The van der Waals surface area contributed by atoms with E-state index in [0.29, 0.717) is 5.75 Å². The molecule has 0 bridgehead atoms. The average Bonchev–Trinajstić information content (AvgIpc) is 2.17. The fourth-order valence-corrected chi connectivity index (χ4v) is 1.52. The molecule has 1 aromatic rings. The molecule has 0 saturated carbocycles. The van der Waals surface area contributed by atoms with Gasteiger partial charge in [0.2, 0.25) is 0 Å². The molecule has 0 saturated heterocycles. The van der Waals surface area contributed by atoms with Gasteiger partial charge in [-0.25, -0.2) is 4.79 Å². The maximum atomic E-state index is 10.2. The van der Waals surface area contributed by atoms with E-state index in [4.69, 9.17) is 14.6 Å². The summed E-state index contributed by atoms with van der Waals surface area (Å²) in [6, 6.07) is 5.48. The maximum Gasteiger partial charge on any atom is 0.329 e. The fourth-order valence-electron chi connectivity index (χ4n) is 1.11. The smallest absolute Gasteiger partial charge is 0.329 e. The molecule has 0 aromatic heterocycles. The number of hydrogen-bond donors (Lipinski definition) is 1. The van der Waals surface area contributed by atoms with Crippen molar-refractivity contribution in [2.45, 2.75) is 6.61 Å². The van der Waals surface area contributed by atoms with E-state index in [2.05, 4.69) is 15.9 Å². The highest BCUT2D eigenvalue weighted by Crippen LogP contribution is 2.23. The van der Waals surface area contributed by atoms with Gasteiger partial charge in [-0.1, -0.05) is 15.9 Å². The number of benzene rings is 1. The Hall–Kier alpha value is -1.07. The van der Waals surface area contributed by atoms with Crippen LogP contribution in [-0.4, -0.2) is 24.8 Å². The lowest BCUT2D eigenvalue weighted by Crippen LogP contribution is -2.07. The van der Waals surface area contributed by atoms with Gasteiger partial charge in [0.05, 0.1) is 13.7 Å². The van der Waals surface area contributed by atoms with E-state index in [-0.39, 0.29) is 13.2 Å². The first-order valence-electron chi connectivity index (χ1n) is 4.25. The van der Waals surface area contributed by atoms with E-state index in [0.717, 1.165) is 10.0 Å². The highest BCUT2D eigenvalue weighted by molar-refractivity contribution is 9.10. The van der Waals surface area contributed by atoms with Crippen molar-refractivity contribution >= 4 is 21.9 Å². The Morgan fingerprint density at radius 2 is 2.27 bits per heavy atom. The van der Waals surface area contributed by atoms with E-state index in [1.807, 2.05) is 12.1 Å². The number of carbonyl (C=O) groups is 1. The van der Waals surface area contributed by atoms with Crippen molar-refractivity contribution in [3.63, 3.8) is 0 Å². The summed E-state index contributed by atoms with van der Waals surface area (Å²) >= 11 is 3.32. The van der Waals surface area contributed by atoms with Gasteiger partial charge in [-0.05, 0) is 18.2 Å². The van der Waals surface area contributed by atoms with Gasteiger partial charge in [0.15, 0.2) is 0 Å². The van der Waals surface area contributed by atoms with Crippen molar-refractivity contribution in [2.75, 3.05) is 13.7 Å². The van der Waals surface area contributed by atoms with Crippen LogP contribution in [0.3, 0.4) is 0 Å². The third-order valence-corrected chi connectivity index (χ3v) is 2.22. The van der Waals surface area contributed by atoms with Gasteiger partial charge in [0.25, 0.3) is 0 Å². The molecule has 0 amide bonds. The molecule has 0 fully saturated rings. The van der Waals surface area contributed by atoms with Crippen molar-refractivity contribution in [1.29, 1.82) is 0 Å². The third kappa shape index (κ3) is 3.89. The second kappa shape index (κ2) is 5.72. The number of hydrogen-bond acceptors (Lipinski definition) is 3. The Bertz CT molecular complexity index is 351. The lowest BCUT2D eigenvalue weighted by atomic mass is 10.2. The molecular weight excluding hydrogens is 264 g/mol. The number of aliphatic carboxylic acids is 1. The standard InChI is InChI=1S/C10H11BrO4/c1-14-9-3-2-8(11)4-7(9)5-15-6-10(12)13/h2-4H,5-6H2,1H3,(H,12,13). The second-order valence-corrected chi connectivity index (χ2v) is 3.76. The third-order valence-electron chi connectivity index (χ3n) is 1.73. The largest absolute Gasteiger partial charge is 0.496 e. The van der Waals surface area contributed by atoms with Crippen LogP contribution in [0, 0.1) is 0 Å². The summed E-state index contributed by atoms with van der Waals surface area (Å²) in [7, 11) is 1.56. The van der Waals surface area contributed by atoms with Gasteiger partial charge in [-0.2, -0.15) is 0 Å². The summed E-state index contributed by atoms with van der Waals surface area (Å²) in [6.45, 7) is -0.0927. The first kappa shape index (κ1) is 12.0. The average molecular weight is 275 g/mol. The van der Waals surface area contributed by atoms with Gasteiger partial charge in [0.1, 0.15) is 12.4 Å². The van der Waals surface area contributed by atoms with E-state index < -0.39 is 5.97 Å².